The number of guanidine groups is 1. The highest BCUT2D eigenvalue weighted by molar-refractivity contribution is 5.81. The first-order chi connectivity index (χ1) is 11.6. The Labute approximate surface area is 145 Å². The van der Waals surface area contributed by atoms with Gasteiger partial charge in [0, 0.05) is 20.6 Å². The van der Waals surface area contributed by atoms with Crippen LogP contribution in [-0.2, 0) is 12.8 Å². The molecule has 0 radical (unpaired) electrons. The first kappa shape index (κ1) is 16.6. The van der Waals surface area contributed by atoms with Crippen LogP contribution in [-0.4, -0.2) is 49.0 Å². The molecule has 0 aromatic heterocycles. The van der Waals surface area contributed by atoms with Gasteiger partial charge in [-0.25, -0.2) is 0 Å². The molecule has 3 nitrogen and oxygen atoms in total. The lowest BCUT2D eigenvalue weighted by molar-refractivity contribution is 0.314. The van der Waals surface area contributed by atoms with Crippen LogP contribution >= 0.6 is 0 Å². The van der Waals surface area contributed by atoms with Crippen LogP contribution in [0.1, 0.15) is 16.7 Å². The fraction of sp³-hybridized carbons (Fsp3) is 0.381. The Morgan fingerprint density at radius 2 is 1.79 bits per heavy atom. The summed E-state index contributed by atoms with van der Waals surface area (Å²) >= 11 is 0. The van der Waals surface area contributed by atoms with Crippen molar-refractivity contribution in [2.45, 2.75) is 25.8 Å². The third-order valence-electron chi connectivity index (χ3n) is 4.58. The third-order valence-corrected chi connectivity index (χ3v) is 4.58. The molecule has 2 aromatic carbocycles. The Kier molecular flexibility index (Phi) is 5.19. The molecule has 3 rings (SSSR count). The molecular formula is C21H27N3. The maximum atomic E-state index is 4.79. The second kappa shape index (κ2) is 7.52. The topological polar surface area (TPSA) is 18.8 Å². The number of benzene rings is 2. The van der Waals surface area contributed by atoms with Crippen molar-refractivity contribution in [1.82, 2.24) is 9.80 Å². The number of rotatable bonds is 5. The molecule has 1 aliphatic heterocycles. The van der Waals surface area contributed by atoms with Gasteiger partial charge in [0.05, 0.1) is 12.6 Å². The monoisotopic (exact) mass is 321 g/mol. The van der Waals surface area contributed by atoms with Crippen molar-refractivity contribution < 1.29 is 0 Å². The van der Waals surface area contributed by atoms with Gasteiger partial charge in [-0.3, -0.25) is 4.99 Å². The quantitative estimate of drug-likeness (QED) is 0.841. The van der Waals surface area contributed by atoms with Crippen molar-refractivity contribution in [3.8, 4) is 0 Å². The second-order valence-corrected chi connectivity index (χ2v) is 6.81. The molecule has 2 aromatic rings. The molecule has 1 unspecified atom stereocenters. The predicted molar refractivity (Wildman–Crippen MR) is 102 cm³/mol. The standard InChI is InChI=1S/C21H27N3/c1-17-8-7-11-19(14-17)12-13-24-20(16-22-21(24)23(2)3)15-18-9-5-4-6-10-18/h4-11,14,20H,12-13,15-16H2,1-3H3. The zero-order valence-electron chi connectivity index (χ0n) is 14.9. The zero-order chi connectivity index (χ0) is 16.9. The fourth-order valence-corrected chi connectivity index (χ4v) is 3.40. The molecular weight excluding hydrogens is 294 g/mol. The normalized spacial score (nSPS) is 17.0. The first-order valence-corrected chi connectivity index (χ1v) is 8.71. The summed E-state index contributed by atoms with van der Waals surface area (Å²) in [6.07, 6.45) is 2.11. The SMILES string of the molecule is Cc1cccc(CCN2C(N(C)C)=NCC2Cc2ccccc2)c1. The summed E-state index contributed by atoms with van der Waals surface area (Å²) in [5, 5.41) is 0. The van der Waals surface area contributed by atoms with Gasteiger partial charge < -0.3 is 9.80 Å². The Morgan fingerprint density at radius 1 is 1.04 bits per heavy atom. The van der Waals surface area contributed by atoms with Crippen LogP contribution in [0.4, 0.5) is 0 Å². The van der Waals surface area contributed by atoms with Crippen molar-refractivity contribution in [1.29, 1.82) is 0 Å². The summed E-state index contributed by atoms with van der Waals surface area (Å²) in [5.41, 5.74) is 4.12. The molecule has 24 heavy (non-hydrogen) atoms. The van der Waals surface area contributed by atoms with Gasteiger partial charge in [0.25, 0.3) is 0 Å². The van der Waals surface area contributed by atoms with Gasteiger partial charge in [-0.1, -0.05) is 60.2 Å². The molecule has 0 saturated heterocycles. The Hall–Kier alpha value is -2.29. The minimum atomic E-state index is 0.453. The van der Waals surface area contributed by atoms with Crippen LogP contribution in [0.15, 0.2) is 59.6 Å². The lowest BCUT2D eigenvalue weighted by Crippen LogP contribution is -2.44. The molecule has 0 bridgehead atoms. The highest BCUT2D eigenvalue weighted by atomic mass is 15.4. The van der Waals surface area contributed by atoms with Crippen molar-refractivity contribution in [3.63, 3.8) is 0 Å². The molecule has 0 spiro atoms. The van der Waals surface area contributed by atoms with Gasteiger partial charge in [0.15, 0.2) is 5.96 Å². The minimum absolute atomic E-state index is 0.453. The van der Waals surface area contributed by atoms with Gasteiger partial charge in [-0.05, 0) is 30.9 Å². The van der Waals surface area contributed by atoms with E-state index in [1.54, 1.807) is 0 Å². The van der Waals surface area contributed by atoms with E-state index in [0.717, 1.165) is 31.9 Å². The summed E-state index contributed by atoms with van der Waals surface area (Å²) in [6, 6.07) is 20.0. The molecule has 1 atom stereocenters. The molecule has 0 aliphatic carbocycles. The van der Waals surface area contributed by atoms with E-state index in [1.165, 1.54) is 16.7 Å². The van der Waals surface area contributed by atoms with Gasteiger partial charge in [0.1, 0.15) is 0 Å². The highest BCUT2D eigenvalue weighted by Crippen LogP contribution is 2.18. The minimum Gasteiger partial charge on any atom is -0.349 e. The van der Waals surface area contributed by atoms with Crippen LogP contribution in [0, 0.1) is 6.92 Å². The molecule has 0 saturated carbocycles. The van der Waals surface area contributed by atoms with E-state index in [-0.39, 0.29) is 0 Å². The van der Waals surface area contributed by atoms with Crippen molar-refractivity contribution >= 4 is 5.96 Å². The molecule has 3 heteroatoms. The van der Waals surface area contributed by atoms with E-state index in [2.05, 4.69) is 85.4 Å². The van der Waals surface area contributed by atoms with E-state index >= 15 is 0 Å². The van der Waals surface area contributed by atoms with Crippen molar-refractivity contribution in [2.24, 2.45) is 4.99 Å². The first-order valence-electron chi connectivity index (χ1n) is 8.71. The van der Waals surface area contributed by atoms with Crippen molar-refractivity contribution in [2.75, 3.05) is 27.2 Å². The number of hydrogen-bond donors (Lipinski definition) is 0. The Morgan fingerprint density at radius 3 is 2.50 bits per heavy atom. The van der Waals surface area contributed by atoms with Crippen molar-refractivity contribution in [3.05, 3.63) is 71.3 Å². The van der Waals surface area contributed by atoms with E-state index in [4.69, 9.17) is 4.99 Å². The van der Waals surface area contributed by atoms with E-state index < -0.39 is 0 Å². The van der Waals surface area contributed by atoms with E-state index in [9.17, 15) is 0 Å². The van der Waals surface area contributed by atoms with Gasteiger partial charge in [0.2, 0.25) is 0 Å². The summed E-state index contributed by atoms with van der Waals surface area (Å²) in [7, 11) is 4.17. The summed E-state index contributed by atoms with van der Waals surface area (Å²) in [5.74, 6) is 1.11. The Balaban J connectivity index is 1.70. The molecule has 0 fully saturated rings. The smallest absolute Gasteiger partial charge is 0.196 e. The molecule has 1 aliphatic rings. The van der Waals surface area contributed by atoms with Gasteiger partial charge >= 0.3 is 0 Å². The van der Waals surface area contributed by atoms with E-state index in [0.29, 0.717) is 6.04 Å². The van der Waals surface area contributed by atoms with Crippen LogP contribution in [0.5, 0.6) is 0 Å². The predicted octanol–water partition coefficient (Wildman–Crippen LogP) is 3.38. The maximum absolute atomic E-state index is 4.79. The molecule has 0 amide bonds. The summed E-state index contributed by atoms with van der Waals surface area (Å²) in [4.78, 5) is 9.41. The number of aliphatic imine (C=N–C) groups is 1. The average molecular weight is 321 g/mol. The van der Waals surface area contributed by atoms with Crippen LogP contribution < -0.4 is 0 Å². The van der Waals surface area contributed by atoms with Gasteiger partial charge in [-0.15, -0.1) is 0 Å². The fourth-order valence-electron chi connectivity index (χ4n) is 3.40. The number of aryl methyl sites for hydroxylation is 1. The Bertz CT molecular complexity index is 691. The largest absolute Gasteiger partial charge is 0.349 e. The second-order valence-electron chi connectivity index (χ2n) is 6.81. The molecule has 126 valence electrons. The summed E-state index contributed by atoms with van der Waals surface area (Å²) < 4.78 is 0. The lowest BCUT2D eigenvalue weighted by atomic mass is 10.0. The molecule has 0 N–H and O–H groups in total. The lowest BCUT2D eigenvalue weighted by Gasteiger charge is -2.31. The zero-order valence-corrected chi connectivity index (χ0v) is 14.9. The van der Waals surface area contributed by atoms with E-state index in [1.807, 2.05) is 0 Å². The van der Waals surface area contributed by atoms with Gasteiger partial charge in [-0.2, -0.15) is 0 Å². The number of nitrogens with zero attached hydrogens (tertiary/aromatic N) is 3. The highest BCUT2D eigenvalue weighted by Gasteiger charge is 2.28. The van der Waals surface area contributed by atoms with Crippen LogP contribution in [0.3, 0.4) is 0 Å². The van der Waals surface area contributed by atoms with Crippen LogP contribution in [0.2, 0.25) is 0 Å². The maximum Gasteiger partial charge on any atom is 0.196 e. The molecule has 1 heterocycles. The summed E-state index contributed by atoms with van der Waals surface area (Å²) in [6.45, 7) is 4.05. The van der Waals surface area contributed by atoms with Crippen LogP contribution in [0.25, 0.3) is 0 Å². The average Bonchev–Trinajstić information content (AvgIpc) is 2.97. The number of hydrogen-bond acceptors (Lipinski definition) is 3. The third kappa shape index (κ3) is 3.97.